The fourth-order valence-electron chi connectivity index (χ4n) is 3.45. The molecule has 0 fully saturated rings. The Morgan fingerprint density at radius 1 is 0.853 bits per heavy atom. The molecule has 3 aromatic carbocycles. The molecule has 0 aliphatic carbocycles. The molecule has 0 aliphatic rings. The Bertz CT molecular complexity index is 961. The van der Waals surface area contributed by atoms with Gasteiger partial charge in [0.2, 0.25) is 0 Å². The highest BCUT2D eigenvalue weighted by Crippen LogP contribution is 2.29. The highest BCUT2D eigenvalue weighted by molar-refractivity contribution is 5.90. The summed E-state index contributed by atoms with van der Waals surface area (Å²) in [5, 5.41) is 14.0. The SMILES string of the molecule is CCOC(=O)c1ccc(OCC(O)CNC(c2ccccc2)c2ccccc2)c(OCC)c1.Cl. The van der Waals surface area contributed by atoms with Crippen molar-refractivity contribution in [3.63, 3.8) is 0 Å². The van der Waals surface area contributed by atoms with Gasteiger partial charge in [-0.1, -0.05) is 60.7 Å². The molecule has 182 valence electrons. The quantitative estimate of drug-likeness (QED) is 0.359. The van der Waals surface area contributed by atoms with Crippen LogP contribution in [0.15, 0.2) is 78.9 Å². The predicted molar refractivity (Wildman–Crippen MR) is 135 cm³/mol. The minimum Gasteiger partial charge on any atom is -0.490 e. The zero-order valence-corrected chi connectivity index (χ0v) is 20.3. The summed E-state index contributed by atoms with van der Waals surface area (Å²) >= 11 is 0. The highest BCUT2D eigenvalue weighted by atomic mass is 35.5. The van der Waals surface area contributed by atoms with Gasteiger partial charge in [-0.2, -0.15) is 0 Å². The third-order valence-corrected chi connectivity index (χ3v) is 5.01. The number of hydrogen-bond acceptors (Lipinski definition) is 6. The van der Waals surface area contributed by atoms with Gasteiger partial charge >= 0.3 is 5.97 Å². The fraction of sp³-hybridized carbons (Fsp3) is 0.296. The van der Waals surface area contributed by atoms with Gasteiger partial charge < -0.3 is 24.6 Å². The van der Waals surface area contributed by atoms with E-state index in [1.807, 2.05) is 43.3 Å². The minimum absolute atomic E-state index is 0. The zero-order chi connectivity index (χ0) is 23.5. The predicted octanol–water partition coefficient (Wildman–Crippen LogP) is 4.80. The van der Waals surface area contributed by atoms with Crippen LogP contribution in [0.4, 0.5) is 0 Å². The average molecular weight is 486 g/mol. The number of carbonyl (C=O) groups is 1. The first-order chi connectivity index (χ1) is 16.1. The van der Waals surface area contributed by atoms with Gasteiger partial charge in [0.25, 0.3) is 0 Å². The lowest BCUT2D eigenvalue weighted by atomic mass is 9.98. The third kappa shape index (κ3) is 7.76. The summed E-state index contributed by atoms with van der Waals surface area (Å²) in [5.74, 6) is 0.489. The maximum atomic E-state index is 12.0. The van der Waals surface area contributed by atoms with E-state index in [9.17, 15) is 9.90 Å². The van der Waals surface area contributed by atoms with Gasteiger partial charge in [-0.05, 0) is 43.2 Å². The molecule has 0 saturated heterocycles. The van der Waals surface area contributed by atoms with Crippen molar-refractivity contribution < 1.29 is 24.1 Å². The minimum atomic E-state index is -0.751. The van der Waals surface area contributed by atoms with Crippen LogP contribution in [0, 0.1) is 0 Å². The number of hydrogen-bond donors (Lipinski definition) is 2. The van der Waals surface area contributed by atoms with Crippen LogP contribution in [0.25, 0.3) is 0 Å². The van der Waals surface area contributed by atoms with Crippen LogP contribution in [0.3, 0.4) is 0 Å². The van der Waals surface area contributed by atoms with Crippen molar-refractivity contribution in [3.8, 4) is 11.5 Å². The Morgan fingerprint density at radius 2 is 1.47 bits per heavy atom. The number of benzene rings is 3. The summed E-state index contributed by atoms with van der Waals surface area (Å²) in [6.45, 7) is 4.73. The molecule has 3 aromatic rings. The number of aliphatic hydroxyl groups excluding tert-OH is 1. The Balaban J connectivity index is 0.00000408. The summed E-state index contributed by atoms with van der Waals surface area (Å²) in [6.07, 6.45) is -0.751. The molecule has 0 aromatic heterocycles. The molecule has 0 saturated carbocycles. The number of esters is 1. The number of carbonyl (C=O) groups excluding carboxylic acids is 1. The molecule has 6 nitrogen and oxygen atoms in total. The van der Waals surface area contributed by atoms with Crippen LogP contribution in [0.2, 0.25) is 0 Å². The van der Waals surface area contributed by atoms with Crippen LogP contribution in [-0.2, 0) is 4.74 Å². The van der Waals surface area contributed by atoms with Crippen molar-refractivity contribution in [2.45, 2.75) is 26.0 Å². The van der Waals surface area contributed by atoms with Crippen molar-refractivity contribution in [2.24, 2.45) is 0 Å². The summed E-state index contributed by atoms with van der Waals surface area (Å²) < 4.78 is 16.5. The largest absolute Gasteiger partial charge is 0.490 e. The molecule has 0 radical (unpaired) electrons. The number of rotatable bonds is 12. The Hall–Kier alpha value is -3.06. The van der Waals surface area contributed by atoms with Gasteiger partial charge in [0.15, 0.2) is 11.5 Å². The highest BCUT2D eigenvalue weighted by Gasteiger charge is 2.17. The van der Waals surface area contributed by atoms with Gasteiger partial charge in [-0.3, -0.25) is 0 Å². The number of ether oxygens (including phenoxy) is 3. The van der Waals surface area contributed by atoms with E-state index in [0.29, 0.717) is 36.8 Å². The lowest BCUT2D eigenvalue weighted by molar-refractivity contribution is 0.0525. The summed E-state index contributed by atoms with van der Waals surface area (Å²) in [5.41, 5.74) is 2.62. The topological polar surface area (TPSA) is 77.0 Å². The fourth-order valence-corrected chi connectivity index (χ4v) is 3.45. The normalized spacial score (nSPS) is 11.4. The smallest absolute Gasteiger partial charge is 0.338 e. The first kappa shape index (κ1) is 27.2. The second-order valence-corrected chi connectivity index (χ2v) is 7.44. The third-order valence-electron chi connectivity index (χ3n) is 5.01. The second-order valence-electron chi connectivity index (χ2n) is 7.44. The molecular formula is C27H32ClNO5. The second kappa shape index (κ2) is 14.3. The maximum Gasteiger partial charge on any atom is 0.338 e. The van der Waals surface area contributed by atoms with E-state index >= 15 is 0 Å². The molecule has 1 atom stereocenters. The van der Waals surface area contributed by atoms with E-state index in [1.54, 1.807) is 25.1 Å². The van der Waals surface area contributed by atoms with Crippen LogP contribution in [0.5, 0.6) is 11.5 Å². The lowest BCUT2D eigenvalue weighted by Gasteiger charge is -2.22. The Labute approximate surface area is 207 Å². The van der Waals surface area contributed by atoms with Gasteiger partial charge in [0.05, 0.1) is 24.8 Å². The monoisotopic (exact) mass is 485 g/mol. The van der Waals surface area contributed by atoms with E-state index in [2.05, 4.69) is 29.6 Å². The lowest BCUT2D eigenvalue weighted by Crippen LogP contribution is -2.34. The molecule has 3 rings (SSSR count). The van der Waals surface area contributed by atoms with Crippen molar-refractivity contribution >= 4 is 18.4 Å². The van der Waals surface area contributed by atoms with Gasteiger partial charge in [-0.25, -0.2) is 4.79 Å². The van der Waals surface area contributed by atoms with Gasteiger partial charge in [0, 0.05) is 6.54 Å². The van der Waals surface area contributed by atoms with Crippen molar-refractivity contribution in [1.29, 1.82) is 0 Å². The van der Waals surface area contributed by atoms with Gasteiger partial charge in [-0.15, -0.1) is 12.4 Å². The van der Waals surface area contributed by atoms with Crippen LogP contribution < -0.4 is 14.8 Å². The van der Waals surface area contributed by atoms with E-state index in [4.69, 9.17) is 14.2 Å². The average Bonchev–Trinajstić information content (AvgIpc) is 2.85. The summed E-state index contributed by atoms with van der Waals surface area (Å²) in [6, 6.07) is 25.1. The number of aliphatic hydroxyl groups is 1. The molecular weight excluding hydrogens is 454 g/mol. The molecule has 0 heterocycles. The van der Waals surface area contributed by atoms with Crippen molar-refractivity contribution in [3.05, 3.63) is 95.6 Å². The molecule has 1 unspecified atom stereocenters. The molecule has 0 bridgehead atoms. The molecule has 2 N–H and O–H groups in total. The van der Waals surface area contributed by atoms with E-state index in [1.165, 1.54) is 0 Å². The summed E-state index contributed by atoms with van der Waals surface area (Å²) in [4.78, 5) is 12.0. The van der Waals surface area contributed by atoms with Crippen molar-refractivity contribution in [2.75, 3.05) is 26.4 Å². The zero-order valence-electron chi connectivity index (χ0n) is 19.5. The first-order valence-electron chi connectivity index (χ1n) is 11.2. The number of halogens is 1. The van der Waals surface area contributed by atoms with Crippen molar-refractivity contribution in [1.82, 2.24) is 5.32 Å². The van der Waals surface area contributed by atoms with Crippen LogP contribution in [-0.4, -0.2) is 43.5 Å². The van der Waals surface area contributed by atoms with E-state index in [-0.39, 0.29) is 25.1 Å². The maximum absolute atomic E-state index is 12.0. The molecule has 0 amide bonds. The first-order valence-corrected chi connectivity index (χ1v) is 11.2. The summed E-state index contributed by atoms with van der Waals surface area (Å²) in [7, 11) is 0. The van der Waals surface area contributed by atoms with Crippen LogP contribution in [0.1, 0.15) is 41.4 Å². The number of nitrogens with one attached hydrogen (secondary N) is 1. The van der Waals surface area contributed by atoms with Gasteiger partial charge in [0.1, 0.15) is 12.7 Å². The Kier molecular flexibility index (Phi) is 11.4. The molecule has 7 heteroatoms. The Morgan fingerprint density at radius 3 is 2.03 bits per heavy atom. The molecule has 34 heavy (non-hydrogen) atoms. The standard InChI is InChI=1S/C27H31NO5.ClH/c1-3-31-25-17-22(27(30)32-4-2)15-16-24(25)33-19-23(29)18-28-26(20-11-7-5-8-12-20)21-13-9-6-10-14-21;/h5-17,23,26,28-29H,3-4,18-19H2,1-2H3;1H. The van der Waals surface area contributed by atoms with E-state index < -0.39 is 12.1 Å². The van der Waals surface area contributed by atoms with E-state index in [0.717, 1.165) is 11.1 Å². The van der Waals surface area contributed by atoms with Crippen LogP contribution >= 0.6 is 12.4 Å². The molecule has 0 aliphatic heterocycles. The molecule has 0 spiro atoms.